The summed E-state index contributed by atoms with van der Waals surface area (Å²) in [4.78, 5) is 2.13. The van der Waals surface area contributed by atoms with Crippen LogP contribution in [0.2, 0.25) is 0 Å². The van der Waals surface area contributed by atoms with E-state index in [2.05, 4.69) is 34.0 Å². The first kappa shape index (κ1) is 20.6. The van der Waals surface area contributed by atoms with E-state index in [1.54, 1.807) is 10.7 Å². The molecule has 30 heavy (non-hydrogen) atoms. The highest BCUT2D eigenvalue weighted by atomic mass is 16.7. The van der Waals surface area contributed by atoms with Crippen molar-refractivity contribution in [3.05, 3.63) is 36.7 Å². The van der Waals surface area contributed by atoms with Gasteiger partial charge in [-0.1, -0.05) is 0 Å². The smallest absolute Gasteiger partial charge is 0.436 e. The Balaban J connectivity index is 1.53. The van der Waals surface area contributed by atoms with Crippen LogP contribution in [0.15, 0.2) is 36.7 Å². The van der Waals surface area contributed by atoms with Crippen LogP contribution < -0.4 is 15.1 Å². The van der Waals surface area contributed by atoms with Gasteiger partial charge in [-0.05, 0) is 59.7 Å². The summed E-state index contributed by atoms with van der Waals surface area (Å²) >= 11 is 0. The minimum atomic E-state index is -0.460. The number of fused-ring (bicyclic) bond motifs is 1. The predicted molar refractivity (Wildman–Crippen MR) is 117 cm³/mol. The normalized spacial score (nSPS) is 17.5. The van der Waals surface area contributed by atoms with Gasteiger partial charge in [0, 0.05) is 30.8 Å². The van der Waals surface area contributed by atoms with Gasteiger partial charge < -0.3 is 18.9 Å². The van der Waals surface area contributed by atoms with Gasteiger partial charge in [0.1, 0.15) is 5.75 Å². The third-order valence-electron chi connectivity index (χ3n) is 5.96. The fraction of sp³-hybridized carbons (Fsp3) is 0.476. The Hall–Kier alpha value is -2.65. The van der Waals surface area contributed by atoms with E-state index in [-0.39, 0.29) is 0 Å². The molecule has 0 radical (unpaired) electrons. The lowest BCUT2D eigenvalue weighted by atomic mass is 9.80. The van der Waals surface area contributed by atoms with Crippen LogP contribution in [0.25, 0.3) is 5.52 Å². The molecule has 0 aliphatic carbocycles. The summed E-state index contributed by atoms with van der Waals surface area (Å²) in [6.45, 7) is 14.1. The van der Waals surface area contributed by atoms with Crippen LogP contribution in [0, 0.1) is 0 Å². The van der Waals surface area contributed by atoms with Gasteiger partial charge in [-0.25, -0.2) is 4.52 Å². The molecule has 0 saturated carbocycles. The molecule has 4 heterocycles. The van der Waals surface area contributed by atoms with Gasteiger partial charge in [0.25, 0.3) is 0 Å². The van der Waals surface area contributed by atoms with E-state index in [1.165, 1.54) is 0 Å². The van der Waals surface area contributed by atoms with E-state index >= 15 is 0 Å². The summed E-state index contributed by atoms with van der Waals surface area (Å²) in [6.07, 6.45) is 3.59. The predicted octanol–water partition coefficient (Wildman–Crippen LogP) is 3.06. The molecule has 0 bridgehead atoms. The van der Waals surface area contributed by atoms with Gasteiger partial charge in [0.05, 0.1) is 22.9 Å². The second kappa shape index (κ2) is 7.56. The van der Waals surface area contributed by atoms with Crippen LogP contribution in [0.4, 0.5) is 5.82 Å². The Kier molecular flexibility index (Phi) is 5.19. The zero-order valence-electron chi connectivity index (χ0n) is 18.4. The van der Waals surface area contributed by atoms with Crippen molar-refractivity contribution < 1.29 is 14.0 Å². The molecule has 0 spiro atoms. The summed E-state index contributed by atoms with van der Waals surface area (Å²) in [5, 5.41) is 12.9. The number of hydrogen-bond donors (Lipinski definition) is 0. The molecule has 0 atom stereocenters. The molecule has 1 aliphatic rings. The van der Waals surface area contributed by atoms with Crippen LogP contribution in [0.1, 0.15) is 41.5 Å². The van der Waals surface area contributed by atoms with Crippen LogP contribution in [-0.4, -0.2) is 51.2 Å². The second-order valence-electron chi connectivity index (χ2n) is 8.39. The number of rotatable bonds is 6. The summed E-state index contributed by atoms with van der Waals surface area (Å²) in [7, 11) is -0.460. The fourth-order valence-corrected chi connectivity index (χ4v) is 3.40. The van der Waals surface area contributed by atoms with Gasteiger partial charge in [0.2, 0.25) is 5.88 Å². The zero-order chi connectivity index (χ0) is 21.5. The Morgan fingerprint density at radius 1 is 1.00 bits per heavy atom. The molecule has 9 heteroatoms. The van der Waals surface area contributed by atoms with E-state index in [9.17, 15) is 0 Å². The fourth-order valence-electron chi connectivity index (χ4n) is 3.40. The largest absolute Gasteiger partial charge is 0.498 e. The first-order chi connectivity index (χ1) is 14.2. The highest BCUT2D eigenvalue weighted by molar-refractivity contribution is 6.64. The van der Waals surface area contributed by atoms with Crippen LogP contribution in [0.3, 0.4) is 0 Å². The van der Waals surface area contributed by atoms with E-state index in [1.807, 2.05) is 58.2 Å². The van der Waals surface area contributed by atoms with E-state index < -0.39 is 18.3 Å². The Labute approximate surface area is 177 Å². The SMILES string of the molecule is CCN(CC)c1ccc(Oc2ccc3c(B4OC(C)(C)C(C)(C)O4)cnn3c2)nn1. The van der Waals surface area contributed by atoms with Gasteiger partial charge in [-0.2, -0.15) is 5.10 Å². The van der Waals surface area contributed by atoms with Crippen LogP contribution in [0.5, 0.6) is 11.6 Å². The van der Waals surface area contributed by atoms with Crippen molar-refractivity contribution in [2.75, 3.05) is 18.0 Å². The maximum absolute atomic E-state index is 6.16. The van der Waals surface area contributed by atoms with Gasteiger partial charge in [-0.3, -0.25) is 0 Å². The lowest BCUT2D eigenvalue weighted by molar-refractivity contribution is 0.00578. The summed E-state index contributed by atoms with van der Waals surface area (Å²) < 4.78 is 20.0. The minimum Gasteiger partial charge on any atom is -0.436 e. The third kappa shape index (κ3) is 3.63. The molecule has 1 saturated heterocycles. The summed E-state index contributed by atoms with van der Waals surface area (Å²) in [5.74, 6) is 1.89. The second-order valence-corrected chi connectivity index (χ2v) is 8.39. The van der Waals surface area contributed by atoms with Gasteiger partial charge in [-0.15, -0.1) is 10.2 Å². The van der Waals surface area contributed by atoms with Crippen LogP contribution in [-0.2, 0) is 9.31 Å². The van der Waals surface area contributed by atoms with Crippen LogP contribution >= 0.6 is 0 Å². The molecule has 8 nitrogen and oxygen atoms in total. The summed E-state index contributed by atoms with van der Waals surface area (Å²) in [6, 6.07) is 7.56. The molecule has 3 aromatic heterocycles. The van der Waals surface area contributed by atoms with Crippen molar-refractivity contribution in [2.24, 2.45) is 0 Å². The molecular weight excluding hydrogens is 381 g/mol. The Morgan fingerprint density at radius 3 is 2.30 bits per heavy atom. The number of pyridine rings is 1. The number of hydrogen-bond acceptors (Lipinski definition) is 7. The van der Waals surface area contributed by atoms with Gasteiger partial charge in [0.15, 0.2) is 5.82 Å². The molecule has 3 aromatic rings. The quantitative estimate of drug-likeness (QED) is 0.580. The molecule has 1 aliphatic heterocycles. The van der Waals surface area contributed by atoms with Crippen molar-refractivity contribution in [3.8, 4) is 11.6 Å². The zero-order valence-corrected chi connectivity index (χ0v) is 18.4. The molecule has 0 amide bonds. The minimum absolute atomic E-state index is 0.398. The lowest BCUT2D eigenvalue weighted by Crippen LogP contribution is -2.41. The van der Waals surface area contributed by atoms with Crippen molar-refractivity contribution >= 4 is 23.9 Å². The maximum atomic E-state index is 6.16. The van der Waals surface area contributed by atoms with E-state index in [0.29, 0.717) is 11.6 Å². The maximum Gasteiger partial charge on any atom is 0.498 e. The number of aromatic nitrogens is 4. The molecule has 1 fully saturated rings. The molecule has 0 aromatic carbocycles. The Bertz CT molecular complexity index is 1010. The first-order valence-electron chi connectivity index (χ1n) is 10.3. The van der Waals surface area contributed by atoms with Crippen molar-refractivity contribution in [2.45, 2.75) is 52.7 Å². The molecular formula is C21H28BN5O3. The van der Waals surface area contributed by atoms with E-state index in [0.717, 1.165) is 29.9 Å². The standard InChI is InChI=1S/C21H28BN5O3/c1-7-26(8-2)18-11-12-19(25-24-18)28-15-9-10-17-16(13-23-27(17)14-15)22-29-20(3,4)21(5,6)30-22/h9-14H,7-8H2,1-6H3. The lowest BCUT2D eigenvalue weighted by Gasteiger charge is -2.32. The number of nitrogens with zero attached hydrogens (tertiary/aromatic N) is 5. The average Bonchev–Trinajstić information content (AvgIpc) is 3.21. The van der Waals surface area contributed by atoms with Crippen molar-refractivity contribution in [1.82, 2.24) is 19.8 Å². The van der Waals surface area contributed by atoms with E-state index in [4.69, 9.17) is 14.0 Å². The molecule has 4 rings (SSSR count). The molecule has 0 N–H and O–H groups in total. The van der Waals surface area contributed by atoms with Crippen molar-refractivity contribution in [1.29, 1.82) is 0 Å². The topological polar surface area (TPSA) is 74.0 Å². The monoisotopic (exact) mass is 409 g/mol. The summed E-state index contributed by atoms with van der Waals surface area (Å²) in [5.41, 5.74) is 1.00. The third-order valence-corrected chi connectivity index (χ3v) is 5.96. The molecule has 0 unspecified atom stereocenters. The first-order valence-corrected chi connectivity index (χ1v) is 10.3. The van der Waals surface area contributed by atoms with Gasteiger partial charge >= 0.3 is 7.12 Å². The number of anilines is 1. The highest BCUT2D eigenvalue weighted by Gasteiger charge is 2.52. The highest BCUT2D eigenvalue weighted by Crippen LogP contribution is 2.36. The Morgan fingerprint density at radius 2 is 1.70 bits per heavy atom. The average molecular weight is 409 g/mol. The molecule has 158 valence electrons. The number of ether oxygens (including phenoxy) is 1. The van der Waals surface area contributed by atoms with Crippen molar-refractivity contribution in [3.63, 3.8) is 0 Å².